The molecule has 3 aromatic carbocycles. The zero-order valence-corrected chi connectivity index (χ0v) is 20.3. The Hall–Kier alpha value is -3.65. The molecule has 0 radical (unpaired) electrons. The van der Waals surface area contributed by atoms with Gasteiger partial charge in [0.2, 0.25) is 0 Å². The summed E-state index contributed by atoms with van der Waals surface area (Å²) in [6.45, 7) is 4.70. The number of amides is 1. The molecule has 0 unspecified atom stereocenters. The molecule has 2 aliphatic rings. The van der Waals surface area contributed by atoms with Gasteiger partial charge in [-0.05, 0) is 42.8 Å². The van der Waals surface area contributed by atoms with Crippen LogP contribution in [0, 0.1) is 10.1 Å². The number of fused-ring (bicyclic) bond motifs is 2. The molecule has 0 atom stereocenters. The smallest absolute Gasteiger partial charge is 0.269 e. The minimum atomic E-state index is -0.395. The molecular weight excluding hydrogens is 460 g/mol. The van der Waals surface area contributed by atoms with E-state index in [1.807, 2.05) is 29.2 Å². The van der Waals surface area contributed by atoms with Crippen molar-refractivity contribution in [2.45, 2.75) is 29.6 Å². The zero-order valence-electron chi connectivity index (χ0n) is 19.5. The van der Waals surface area contributed by atoms with Crippen LogP contribution in [0.2, 0.25) is 0 Å². The fourth-order valence-electron chi connectivity index (χ4n) is 4.51. The summed E-state index contributed by atoms with van der Waals surface area (Å²) in [6.07, 6.45) is 1.89. The van der Waals surface area contributed by atoms with Crippen molar-refractivity contribution in [2.24, 2.45) is 4.99 Å². The van der Waals surface area contributed by atoms with Crippen LogP contribution in [0.4, 0.5) is 17.1 Å². The number of piperazine rings is 1. The summed E-state index contributed by atoms with van der Waals surface area (Å²) >= 11 is 1.70. The molecule has 2 aliphatic heterocycles. The van der Waals surface area contributed by atoms with E-state index >= 15 is 0 Å². The predicted molar refractivity (Wildman–Crippen MR) is 139 cm³/mol. The minimum Gasteiger partial charge on any atom is -0.368 e. The van der Waals surface area contributed by atoms with E-state index in [4.69, 9.17) is 4.99 Å². The SMILES string of the molecule is CCCC1=Nc2cc(C(=O)N3CCN(c4ccc([N+](=O)[O-])cc4)CC3)ccc2Sc2ccccc21. The van der Waals surface area contributed by atoms with Crippen LogP contribution in [0.25, 0.3) is 0 Å². The fraction of sp³-hybridized carbons (Fsp3) is 0.259. The first-order valence-corrected chi connectivity index (χ1v) is 12.6. The topological polar surface area (TPSA) is 79.0 Å². The molecule has 1 amide bonds. The van der Waals surface area contributed by atoms with Crippen LogP contribution in [0.15, 0.2) is 81.5 Å². The van der Waals surface area contributed by atoms with Gasteiger partial charge in [-0.1, -0.05) is 43.3 Å². The molecule has 0 bridgehead atoms. The molecule has 3 aromatic rings. The highest BCUT2D eigenvalue weighted by atomic mass is 32.2. The number of nitro benzene ring substituents is 1. The number of nitro groups is 1. The molecule has 35 heavy (non-hydrogen) atoms. The lowest BCUT2D eigenvalue weighted by Gasteiger charge is -2.36. The molecule has 0 aliphatic carbocycles. The maximum absolute atomic E-state index is 13.3. The summed E-state index contributed by atoms with van der Waals surface area (Å²) in [5.41, 5.74) is 4.75. The van der Waals surface area contributed by atoms with Crippen LogP contribution in [0.1, 0.15) is 35.7 Å². The predicted octanol–water partition coefficient (Wildman–Crippen LogP) is 5.94. The Morgan fingerprint density at radius 1 is 1.00 bits per heavy atom. The van der Waals surface area contributed by atoms with E-state index in [0.717, 1.165) is 34.8 Å². The Kier molecular flexibility index (Phi) is 6.55. The highest BCUT2D eigenvalue weighted by molar-refractivity contribution is 7.99. The zero-order chi connectivity index (χ0) is 24.4. The standard InChI is InChI=1S/C27H26N4O3S/c1-2-5-23-22-6-3-4-7-25(22)35-26-13-8-19(18-24(26)28-23)27(32)30-16-14-29(15-17-30)20-9-11-21(12-10-20)31(33)34/h3-4,6-13,18H,2,5,14-17H2,1H3. The number of non-ortho nitro benzene ring substituents is 1. The number of benzene rings is 3. The fourth-order valence-corrected chi connectivity index (χ4v) is 5.53. The van der Waals surface area contributed by atoms with E-state index in [2.05, 4.69) is 30.0 Å². The maximum Gasteiger partial charge on any atom is 0.269 e. The molecule has 8 heteroatoms. The van der Waals surface area contributed by atoms with Crippen molar-refractivity contribution >= 4 is 40.4 Å². The minimum absolute atomic E-state index is 0.00940. The number of hydrogen-bond donors (Lipinski definition) is 0. The first-order chi connectivity index (χ1) is 17.0. The third kappa shape index (κ3) is 4.79. The second-order valence-electron chi connectivity index (χ2n) is 8.64. The van der Waals surface area contributed by atoms with Crippen molar-refractivity contribution in [1.29, 1.82) is 0 Å². The molecule has 178 valence electrons. The molecule has 5 rings (SSSR count). The number of carbonyl (C=O) groups excluding carboxylic acids is 1. The van der Waals surface area contributed by atoms with Crippen LogP contribution in [-0.2, 0) is 0 Å². The van der Waals surface area contributed by atoms with Gasteiger partial charge in [-0.2, -0.15) is 0 Å². The summed E-state index contributed by atoms with van der Waals surface area (Å²) in [6, 6.07) is 20.8. The van der Waals surface area contributed by atoms with Gasteiger partial charge in [-0.3, -0.25) is 19.9 Å². The molecule has 1 saturated heterocycles. The Bertz CT molecular complexity index is 1300. The number of anilines is 1. The second kappa shape index (κ2) is 9.92. The van der Waals surface area contributed by atoms with Gasteiger partial charge in [0.1, 0.15) is 0 Å². The average molecular weight is 487 g/mol. The van der Waals surface area contributed by atoms with Gasteiger partial charge >= 0.3 is 0 Å². The molecule has 0 N–H and O–H groups in total. The number of rotatable bonds is 5. The molecule has 7 nitrogen and oxygen atoms in total. The van der Waals surface area contributed by atoms with E-state index in [1.54, 1.807) is 23.9 Å². The van der Waals surface area contributed by atoms with Crippen molar-refractivity contribution < 1.29 is 9.72 Å². The normalized spacial score (nSPS) is 15.1. The van der Waals surface area contributed by atoms with Gasteiger partial charge in [0.05, 0.1) is 10.6 Å². The van der Waals surface area contributed by atoms with Gasteiger partial charge < -0.3 is 9.80 Å². The maximum atomic E-state index is 13.3. The van der Waals surface area contributed by atoms with Gasteiger partial charge in [0, 0.05) is 70.6 Å². The second-order valence-corrected chi connectivity index (χ2v) is 9.73. The highest BCUT2D eigenvalue weighted by Gasteiger charge is 2.24. The van der Waals surface area contributed by atoms with Gasteiger partial charge in [-0.15, -0.1) is 0 Å². The third-order valence-corrected chi connectivity index (χ3v) is 7.50. The number of nitrogens with zero attached hydrogens (tertiary/aromatic N) is 4. The summed E-state index contributed by atoms with van der Waals surface area (Å²) in [5.74, 6) is 0.00940. The van der Waals surface area contributed by atoms with Crippen molar-refractivity contribution in [3.05, 3.63) is 88.0 Å². The Morgan fingerprint density at radius 2 is 1.74 bits per heavy atom. The van der Waals surface area contributed by atoms with Gasteiger partial charge in [0.15, 0.2) is 0 Å². The van der Waals surface area contributed by atoms with Crippen LogP contribution < -0.4 is 4.90 Å². The third-order valence-electron chi connectivity index (χ3n) is 6.36. The van der Waals surface area contributed by atoms with E-state index < -0.39 is 4.92 Å². The molecular formula is C27H26N4O3S. The van der Waals surface area contributed by atoms with Crippen molar-refractivity contribution in [1.82, 2.24) is 4.90 Å². The lowest BCUT2D eigenvalue weighted by molar-refractivity contribution is -0.384. The highest BCUT2D eigenvalue weighted by Crippen LogP contribution is 2.41. The Labute approximate surface area is 208 Å². The number of hydrogen-bond acceptors (Lipinski definition) is 6. The number of carbonyl (C=O) groups is 1. The molecule has 0 spiro atoms. The molecule has 0 aromatic heterocycles. The van der Waals surface area contributed by atoms with E-state index in [1.165, 1.54) is 22.6 Å². The monoisotopic (exact) mass is 486 g/mol. The Morgan fingerprint density at radius 3 is 2.46 bits per heavy atom. The van der Waals surface area contributed by atoms with E-state index in [9.17, 15) is 14.9 Å². The van der Waals surface area contributed by atoms with E-state index in [0.29, 0.717) is 31.7 Å². The van der Waals surface area contributed by atoms with Crippen LogP contribution in [-0.4, -0.2) is 47.6 Å². The molecule has 1 fully saturated rings. The average Bonchev–Trinajstić information content (AvgIpc) is 3.04. The van der Waals surface area contributed by atoms with Crippen molar-refractivity contribution in [3.63, 3.8) is 0 Å². The first-order valence-electron chi connectivity index (χ1n) is 11.8. The Balaban J connectivity index is 1.32. The van der Waals surface area contributed by atoms with Crippen LogP contribution >= 0.6 is 11.8 Å². The van der Waals surface area contributed by atoms with E-state index in [-0.39, 0.29) is 11.6 Å². The van der Waals surface area contributed by atoms with Gasteiger partial charge in [-0.25, -0.2) is 0 Å². The summed E-state index contributed by atoms with van der Waals surface area (Å²) in [7, 11) is 0. The van der Waals surface area contributed by atoms with Crippen molar-refractivity contribution in [2.75, 3.05) is 31.1 Å². The summed E-state index contributed by atoms with van der Waals surface area (Å²) < 4.78 is 0. The number of aliphatic imine (C=N–C) groups is 1. The molecule has 2 heterocycles. The van der Waals surface area contributed by atoms with Gasteiger partial charge in [0.25, 0.3) is 11.6 Å². The van der Waals surface area contributed by atoms with Crippen LogP contribution in [0.3, 0.4) is 0 Å². The lowest BCUT2D eigenvalue weighted by atomic mass is 10.1. The van der Waals surface area contributed by atoms with Crippen molar-refractivity contribution in [3.8, 4) is 0 Å². The summed E-state index contributed by atoms with van der Waals surface area (Å²) in [4.78, 5) is 35.1. The van der Waals surface area contributed by atoms with Crippen LogP contribution in [0.5, 0.6) is 0 Å². The largest absolute Gasteiger partial charge is 0.368 e. The lowest BCUT2D eigenvalue weighted by Crippen LogP contribution is -2.48. The molecule has 0 saturated carbocycles. The summed E-state index contributed by atoms with van der Waals surface area (Å²) in [5, 5.41) is 10.9. The first kappa shape index (κ1) is 23.1. The quantitative estimate of drug-likeness (QED) is 0.329.